The summed E-state index contributed by atoms with van der Waals surface area (Å²) >= 11 is 0. The molecule has 3 aromatic rings. The van der Waals surface area contributed by atoms with Gasteiger partial charge in [-0.25, -0.2) is 9.97 Å². The van der Waals surface area contributed by atoms with E-state index in [0.717, 1.165) is 0 Å². The van der Waals surface area contributed by atoms with Gasteiger partial charge in [0, 0.05) is 36.3 Å². The highest BCUT2D eigenvalue weighted by atomic mass is 19.4. The Morgan fingerprint density at radius 1 is 1.07 bits per heavy atom. The molecule has 0 aliphatic heterocycles. The maximum atomic E-state index is 13.5. The molecular formula is C20H18F3N5O. The molecule has 9 heteroatoms. The molecule has 0 aliphatic carbocycles. The van der Waals surface area contributed by atoms with E-state index in [4.69, 9.17) is 0 Å². The molecule has 1 amide bonds. The number of hydrogen-bond acceptors (Lipinski definition) is 5. The van der Waals surface area contributed by atoms with Crippen LogP contribution in [0.3, 0.4) is 0 Å². The molecule has 0 aliphatic rings. The largest absolute Gasteiger partial charge is 0.433 e. The van der Waals surface area contributed by atoms with Gasteiger partial charge >= 0.3 is 6.18 Å². The van der Waals surface area contributed by atoms with Crippen LogP contribution in [0.15, 0.2) is 54.9 Å². The number of aromatic nitrogens is 3. The van der Waals surface area contributed by atoms with Crippen molar-refractivity contribution in [1.82, 2.24) is 15.0 Å². The molecule has 150 valence electrons. The molecule has 0 fully saturated rings. The van der Waals surface area contributed by atoms with Crippen molar-refractivity contribution >= 4 is 17.4 Å². The van der Waals surface area contributed by atoms with Crippen LogP contribution < -0.4 is 10.2 Å². The Morgan fingerprint density at radius 3 is 2.34 bits per heavy atom. The zero-order chi connectivity index (χ0) is 21.0. The van der Waals surface area contributed by atoms with Crippen molar-refractivity contribution < 1.29 is 18.0 Å². The SMILES string of the molecule is Cc1c(NCC(=O)N(C)c2ccccc2)nc(-c2ccncc2)nc1C(F)(F)F. The number of nitrogens with one attached hydrogen (secondary N) is 1. The second-order valence-electron chi connectivity index (χ2n) is 6.24. The second kappa shape index (κ2) is 8.26. The van der Waals surface area contributed by atoms with Crippen LogP contribution in [0.5, 0.6) is 0 Å². The first-order valence-corrected chi connectivity index (χ1v) is 8.69. The maximum absolute atomic E-state index is 13.5. The average molecular weight is 401 g/mol. The fourth-order valence-electron chi connectivity index (χ4n) is 2.67. The molecule has 6 nitrogen and oxygen atoms in total. The molecular weight excluding hydrogens is 383 g/mol. The van der Waals surface area contributed by atoms with E-state index in [1.54, 1.807) is 31.3 Å². The van der Waals surface area contributed by atoms with Gasteiger partial charge in [-0.15, -0.1) is 0 Å². The van der Waals surface area contributed by atoms with E-state index in [9.17, 15) is 18.0 Å². The van der Waals surface area contributed by atoms with Crippen molar-refractivity contribution in [3.8, 4) is 11.4 Å². The van der Waals surface area contributed by atoms with Crippen LogP contribution in [0.25, 0.3) is 11.4 Å². The van der Waals surface area contributed by atoms with Gasteiger partial charge in [0.2, 0.25) is 5.91 Å². The lowest BCUT2D eigenvalue weighted by Crippen LogP contribution is -2.32. The Bertz CT molecular complexity index is 994. The monoisotopic (exact) mass is 401 g/mol. The Morgan fingerprint density at radius 2 is 1.72 bits per heavy atom. The Balaban J connectivity index is 1.89. The van der Waals surface area contributed by atoms with E-state index < -0.39 is 11.9 Å². The number of hydrogen-bond donors (Lipinski definition) is 1. The van der Waals surface area contributed by atoms with E-state index in [1.165, 1.54) is 36.4 Å². The number of alkyl halides is 3. The number of carbonyl (C=O) groups is 1. The van der Waals surface area contributed by atoms with Crippen molar-refractivity contribution in [3.05, 3.63) is 66.1 Å². The smallest absolute Gasteiger partial charge is 0.361 e. The fraction of sp³-hybridized carbons (Fsp3) is 0.200. The molecule has 0 unspecified atom stereocenters. The predicted octanol–water partition coefficient (Wildman–Crippen LogP) is 3.94. The van der Waals surface area contributed by atoms with Crippen LogP contribution in [-0.4, -0.2) is 34.5 Å². The lowest BCUT2D eigenvalue weighted by molar-refractivity contribution is -0.141. The number of rotatable bonds is 5. The molecule has 0 saturated carbocycles. The quantitative estimate of drug-likeness (QED) is 0.701. The first kappa shape index (κ1) is 20.2. The third-order valence-electron chi connectivity index (χ3n) is 4.28. The molecule has 0 saturated heterocycles. The number of likely N-dealkylation sites (N-methyl/N-ethyl adjacent to an activating group) is 1. The summed E-state index contributed by atoms with van der Waals surface area (Å²) in [6, 6.07) is 12.0. The highest BCUT2D eigenvalue weighted by Gasteiger charge is 2.36. The number of benzene rings is 1. The van der Waals surface area contributed by atoms with Gasteiger partial charge in [0.25, 0.3) is 0 Å². The molecule has 2 heterocycles. The number of carbonyl (C=O) groups excluding carboxylic acids is 1. The number of anilines is 2. The number of pyridine rings is 1. The van der Waals surface area contributed by atoms with Crippen LogP contribution >= 0.6 is 0 Å². The first-order valence-electron chi connectivity index (χ1n) is 8.69. The minimum absolute atomic E-state index is 0.0473. The molecule has 3 rings (SSSR count). The molecule has 0 bridgehead atoms. The van der Waals surface area contributed by atoms with E-state index in [0.29, 0.717) is 11.3 Å². The van der Waals surface area contributed by atoms with Crippen LogP contribution in [-0.2, 0) is 11.0 Å². The highest BCUT2D eigenvalue weighted by Crippen LogP contribution is 2.34. The van der Waals surface area contributed by atoms with Crippen LogP contribution in [0.4, 0.5) is 24.7 Å². The zero-order valence-corrected chi connectivity index (χ0v) is 15.7. The topological polar surface area (TPSA) is 71.0 Å². The zero-order valence-electron chi connectivity index (χ0n) is 15.7. The van der Waals surface area contributed by atoms with Gasteiger partial charge in [0.15, 0.2) is 11.5 Å². The molecule has 0 radical (unpaired) electrons. The molecule has 2 aromatic heterocycles. The normalized spacial score (nSPS) is 11.2. The maximum Gasteiger partial charge on any atom is 0.433 e. The molecule has 0 spiro atoms. The van der Waals surface area contributed by atoms with Gasteiger partial charge in [-0.1, -0.05) is 18.2 Å². The van der Waals surface area contributed by atoms with Crippen molar-refractivity contribution in [3.63, 3.8) is 0 Å². The Hall–Kier alpha value is -3.49. The standard InChI is InChI=1S/C20H18F3N5O/c1-13-17(20(21,22)23)26-19(14-8-10-24-11-9-14)27-18(13)25-12-16(29)28(2)15-6-4-3-5-7-15/h3-11H,12H2,1-2H3,(H,25,26,27). The van der Waals surface area contributed by atoms with E-state index in [-0.39, 0.29) is 29.7 Å². The fourth-order valence-corrected chi connectivity index (χ4v) is 2.67. The van der Waals surface area contributed by atoms with E-state index >= 15 is 0 Å². The van der Waals surface area contributed by atoms with Crippen LogP contribution in [0.1, 0.15) is 11.3 Å². The number of amides is 1. The third kappa shape index (κ3) is 4.68. The Labute approximate surface area is 165 Å². The van der Waals surface area contributed by atoms with Gasteiger partial charge in [-0.3, -0.25) is 9.78 Å². The van der Waals surface area contributed by atoms with E-state index in [2.05, 4.69) is 20.3 Å². The molecule has 1 N–H and O–H groups in total. The summed E-state index contributed by atoms with van der Waals surface area (Å²) in [5, 5.41) is 2.73. The van der Waals surface area contributed by atoms with Gasteiger partial charge in [0.05, 0.1) is 6.54 Å². The van der Waals surface area contributed by atoms with Gasteiger partial charge in [-0.05, 0) is 31.2 Å². The summed E-state index contributed by atoms with van der Waals surface area (Å²) in [5.41, 5.74) is -0.162. The summed E-state index contributed by atoms with van der Waals surface area (Å²) in [6.07, 6.45) is -1.77. The van der Waals surface area contributed by atoms with Crippen molar-refractivity contribution in [1.29, 1.82) is 0 Å². The minimum Gasteiger partial charge on any atom is -0.361 e. The highest BCUT2D eigenvalue weighted by molar-refractivity contribution is 5.95. The lowest BCUT2D eigenvalue weighted by atomic mass is 10.2. The van der Waals surface area contributed by atoms with Gasteiger partial charge in [0.1, 0.15) is 5.82 Å². The minimum atomic E-state index is -4.66. The predicted molar refractivity (Wildman–Crippen MR) is 103 cm³/mol. The summed E-state index contributed by atoms with van der Waals surface area (Å²) in [7, 11) is 1.59. The summed E-state index contributed by atoms with van der Waals surface area (Å²) in [5.74, 6) is -0.473. The Kier molecular flexibility index (Phi) is 5.76. The first-order chi connectivity index (χ1) is 13.8. The van der Waals surface area contributed by atoms with Crippen LogP contribution in [0.2, 0.25) is 0 Å². The van der Waals surface area contributed by atoms with Gasteiger partial charge < -0.3 is 10.2 Å². The van der Waals surface area contributed by atoms with Crippen molar-refractivity contribution in [2.45, 2.75) is 13.1 Å². The second-order valence-corrected chi connectivity index (χ2v) is 6.24. The summed E-state index contributed by atoms with van der Waals surface area (Å²) in [4.78, 5) is 25.6. The van der Waals surface area contributed by atoms with Crippen molar-refractivity contribution in [2.75, 3.05) is 23.8 Å². The van der Waals surface area contributed by atoms with Crippen molar-refractivity contribution in [2.24, 2.45) is 0 Å². The number of nitrogens with zero attached hydrogens (tertiary/aromatic N) is 4. The third-order valence-corrected chi connectivity index (χ3v) is 4.28. The molecule has 29 heavy (non-hydrogen) atoms. The lowest BCUT2D eigenvalue weighted by Gasteiger charge is -2.19. The average Bonchev–Trinajstić information content (AvgIpc) is 2.72. The van der Waals surface area contributed by atoms with Gasteiger partial charge in [-0.2, -0.15) is 13.2 Å². The number of para-hydroxylation sites is 1. The summed E-state index contributed by atoms with van der Waals surface area (Å²) in [6.45, 7) is 1.04. The number of halogens is 3. The van der Waals surface area contributed by atoms with E-state index in [1.807, 2.05) is 6.07 Å². The summed E-state index contributed by atoms with van der Waals surface area (Å²) < 4.78 is 40.4. The van der Waals surface area contributed by atoms with Crippen LogP contribution in [0, 0.1) is 6.92 Å². The molecule has 1 aromatic carbocycles. The molecule has 0 atom stereocenters.